The average molecular weight is 967 g/mol. The molecule has 0 aliphatic carbocycles. The summed E-state index contributed by atoms with van der Waals surface area (Å²) < 4.78 is 0. The van der Waals surface area contributed by atoms with Gasteiger partial charge in [0.2, 0.25) is 11.8 Å². The molecule has 12 heteroatoms. The van der Waals surface area contributed by atoms with E-state index in [1.165, 1.54) is 0 Å². The van der Waals surface area contributed by atoms with Gasteiger partial charge in [-0.15, -0.1) is 10.2 Å². The maximum absolute atomic E-state index is 11.4. The fourth-order valence-corrected chi connectivity index (χ4v) is 8.40. The van der Waals surface area contributed by atoms with Gasteiger partial charge in [0.05, 0.1) is 57.2 Å². The number of aliphatic imine (C=N–C) groups is 2. The molecule has 0 radical (unpaired) electrons. The molecular formula is C62H46N8O4. The molecule has 9 aromatic carbocycles. The Bertz CT molecular complexity index is 3680. The summed E-state index contributed by atoms with van der Waals surface area (Å²) in [6.07, 6.45) is 3.54. The highest BCUT2D eigenvalue weighted by Gasteiger charge is 2.19. The number of allylic oxidation sites excluding steroid dienone is 2. The van der Waals surface area contributed by atoms with Crippen molar-refractivity contribution in [2.75, 3.05) is 0 Å². The summed E-state index contributed by atoms with van der Waals surface area (Å²) >= 11 is 0. The van der Waals surface area contributed by atoms with E-state index in [1.807, 2.05) is 137 Å². The van der Waals surface area contributed by atoms with Crippen molar-refractivity contribution in [2.24, 2.45) is 30.4 Å². The fourth-order valence-electron chi connectivity index (χ4n) is 8.40. The summed E-state index contributed by atoms with van der Waals surface area (Å²) in [5.74, 6) is -1.23. The van der Waals surface area contributed by atoms with E-state index in [0.29, 0.717) is 55.8 Å². The van der Waals surface area contributed by atoms with E-state index in [-0.39, 0.29) is 45.8 Å². The monoisotopic (exact) mass is 966 g/mol. The lowest BCUT2D eigenvalue weighted by molar-refractivity contribution is 0.469. The molecular weight excluding hydrogens is 921 g/mol. The standard InChI is InChI=1S/C62H46N8O4/c1-37-13-27-55(39(3)29-37)65-61(73)53-33-45-9-5-7-11-51(45)57(59(53)71)69-67-49-23-19-43(20-24-49)47(35-63)31-41-15-17-42(18-16-41)32-48(36-64)44-21-25-50(26-22-44)68-70-58-52-12-8-6-10-46(52)34-54(60(58)72)62(74)66-56-28-14-38(2)30-40(56)4/h5-34,71-72H,1-4H3,(H,65,73)(H,66,74). The number of azo groups is 2. The van der Waals surface area contributed by atoms with Gasteiger partial charge in [0.15, 0.2) is 11.5 Å². The molecule has 0 aliphatic heterocycles. The number of rotatable bonds is 12. The normalized spacial score (nSPS) is 12.5. The Morgan fingerprint density at radius 3 is 1.19 bits per heavy atom. The van der Waals surface area contributed by atoms with Crippen LogP contribution in [0.5, 0.6) is 11.5 Å². The van der Waals surface area contributed by atoms with Gasteiger partial charge >= 0.3 is 0 Å². The van der Waals surface area contributed by atoms with Gasteiger partial charge in [-0.3, -0.25) is 0 Å². The van der Waals surface area contributed by atoms with Gasteiger partial charge < -0.3 is 20.4 Å². The molecule has 358 valence electrons. The lowest BCUT2D eigenvalue weighted by atomic mass is 10.0. The second-order valence-corrected chi connectivity index (χ2v) is 17.6. The first-order valence-corrected chi connectivity index (χ1v) is 23.4. The summed E-state index contributed by atoms with van der Waals surface area (Å²) in [4.78, 5) is 8.81. The van der Waals surface area contributed by atoms with Crippen LogP contribution in [0.25, 0.3) is 44.8 Å². The van der Waals surface area contributed by atoms with Crippen LogP contribution in [0.2, 0.25) is 0 Å². The highest BCUT2D eigenvalue weighted by Crippen LogP contribution is 2.42. The van der Waals surface area contributed by atoms with E-state index in [1.54, 1.807) is 72.8 Å². The molecule has 12 nitrogen and oxygen atoms in total. The van der Waals surface area contributed by atoms with Gasteiger partial charge in [-0.25, -0.2) is 9.98 Å². The van der Waals surface area contributed by atoms with Gasteiger partial charge in [0, 0.05) is 10.8 Å². The Balaban J connectivity index is 0.893. The van der Waals surface area contributed by atoms with Gasteiger partial charge in [0.25, 0.3) is 0 Å². The zero-order valence-electron chi connectivity index (χ0n) is 40.7. The van der Waals surface area contributed by atoms with E-state index in [4.69, 9.17) is 0 Å². The molecule has 4 N–H and O–H groups in total. The van der Waals surface area contributed by atoms with E-state index in [0.717, 1.165) is 44.2 Å². The van der Waals surface area contributed by atoms with Crippen molar-refractivity contribution in [1.29, 1.82) is 10.5 Å². The van der Waals surface area contributed by atoms with Gasteiger partial charge in [0.1, 0.15) is 11.4 Å². The number of aliphatic hydroxyl groups is 2. The number of aryl methyl sites for hydroxylation is 4. The van der Waals surface area contributed by atoms with E-state index < -0.39 is 0 Å². The lowest BCUT2D eigenvalue weighted by Crippen LogP contribution is -2.00. The minimum Gasteiger partial charge on any atom is -0.505 e. The number of hydrogen-bond donors (Lipinski definition) is 4. The number of phenols is 2. The molecule has 0 saturated heterocycles. The highest BCUT2D eigenvalue weighted by atomic mass is 16.3. The number of nitrogens with zero attached hydrogens (tertiary/aromatic N) is 8. The summed E-state index contributed by atoms with van der Waals surface area (Å²) in [5.41, 5.74) is 10.3. The van der Waals surface area contributed by atoms with Crippen molar-refractivity contribution in [3.63, 3.8) is 0 Å². The minimum atomic E-state index is -0.352. The van der Waals surface area contributed by atoms with Crippen LogP contribution in [-0.4, -0.2) is 32.2 Å². The third kappa shape index (κ3) is 10.7. The van der Waals surface area contributed by atoms with Crippen LogP contribution in [0.1, 0.15) is 55.6 Å². The Kier molecular flexibility index (Phi) is 14.1. The van der Waals surface area contributed by atoms with Crippen molar-refractivity contribution in [2.45, 2.75) is 27.7 Å². The number of hydrogen-bond acceptors (Lipinski definition) is 10. The van der Waals surface area contributed by atoms with Gasteiger partial charge in [-0.1, -0.05) is 132 Å². The summed E-state index contributed by atoms with van der Waals surface area (Å²) in [6.45, 7) is 7.77. The zero-order chi connectivity index (χ0) is 51.9. The predicted octanol–water partition coefficient (Wildman–Crippen LogP) is 16.9. The van der Waals surface area contributed by atoms with E-state index in [9.17, 15) is 30.9 Å². The highest BCUT2D eigenvalue weighted by molar-refractivity contribution is 6.08. The Hall–Kier alpha value is -10.3. The molecule has 0 spiro atoms. The average Bonchev–Trinajstić information content (AvgIpc) is 3.41. The number of nitriles is 2. The molecule has 0 atom stereocenters. The SMILES string of the molecule is Cc1ccc(N=C(O)c2cc3ccccc3c(N=Nc3ccc(C(C#N)=Cc4ccc(C=C(C#N)c5ccc(N=Nc6c(O)c(C(O)=Nc7ccc(C)cc7C)cc7ccccc67)cc5)cc4)cc3)c2O)c(C)c1. The molecule has 0 heterocycles. The van der Waals surface area contributed by atoms with Crippen LogP contribution < -0.4 is 0 Å². The maximum Gasteiger partial charge on any atom is 0.222 e. The second kappa shape index (κ2) is 21.4. The van der Waals surface area contributed by atoms with Crippen LogP contribution in [0.4, 0.5) is 34.1 Å². The molecule has 0 amide bonds. The molecule has 0 aliphatic rings. The summed E-state index contributed by atoms with van der Waals surface area (Å²) in [6, 6.07) is 55.4. The van der Waals surface area contributed by atoms with E-state index >= 15 is 0 Å². The van der Waals surface area contributed by atoms with Crippen LogP contribution in [0.15, 0.2) is 200 Å². The van der Waals surface area contributed by atoms with Crippen molar-refractivity contribution < 1.29 is 20.4 Å². The lowest BCUT2D eigenvalue weighted by Gasteiger charge is -2.10. The van der Waals surface area contributed by atoms with Crippen molar-refractivity contribution in [1.82, 2.24) is 0 Å². The Labute approximate surface area is 427 Å². The van der Waals surface area contributed by atoms with Gasteiger partial charge in [-0.05, 0) is 133 Å². The fraction of sp³-hybridized carbons (Fsp3) is 0.0645. The Morgan fingerprint density at radius 1 is 0.446 bits per heavy atom. The van der Waals surface area contributed by atoms with Crippen molar-refractivity contribution in [3.05, 3.63) is 225 Å². The van der Waals surface area contributed by atoms with Crippen LogP contribution >= 0.6 is 0 Å². The number of benzene rings is 9. The smallest absolute Gasteiger partial charge is 0.222 e. The largest absolute Gasteiger partial charge is 0.505 e. The van der Waals surface area contributed by atoms with Crippen LogP contribution in [-0.2, 0) is 0 Å². The number of phenolic OH excluding ortho intramolecular Hbond substituents is 2. The molecule has 0 saturated carbocycles. The van der Waals surface area contributed by atoms with E-state index in [2.05, 4.69) is 42.6 Å². The van der Waals surface area contributed by atoms with Crippen molar-refractivity contribution >= 4 is 90.8 Å². The zero-order valence-corrected chi connectivity index (χ0v) is 40.7. The third-order valence-corrected chi connectivity index (χ3v) is 12.3. The number of aromatic hydroxyl groups is 2. The van der Waals surface area contributed by atoms with Crippen LogP contribution in [0.3, 0.4) is 0 Å². The molecule has 0 fully saturated rings. The first-order chi connectivity index (χ1) is 35.8. The first-order valence-electron chi connectivity index (χ1n) is 23.4. The molecule has 0 aromatic heterocycles. The predicted molar refractivity (Wildman–Crippen MR) is 295 cm³/mol. The molecule has 9 rings (SSSR count). The number of aliphatic hydroxyl groups excluding tert-OH is 2. The topological polar surface area (TPSA) is 203 Å². The van der Waals surface area contributed by atoms with Crippen molar-refractivity contribution in [3.8, 4) is 23.6 Å². The summed E-state index contributed by atoms with van der Waals surface area (Å²) in [7, 11) is 0. The van der Waals surface area contributed by atoms with Crippen LogP contribution in [0, 0.1) is 50.4 Å². The Morgan fingerprint density at radius 2 is 0.824 bits per heavy atom. The van der Waals surface area contributed by atoms with Gasteiger partial charge in [-0.2, -0.15) is 20.8 Å². The molecule has 0 unspecified atom stereocenters. The molecule has 9 aromatic rings. The third-order valence-electron chi connectivity index (χ3n) is 12.3. The molecule has 74 heavy (non-hydrogen) atoms. The first kappa shape index (κ1) is 48.7. The second-order valence-electron chi connectivity index (χ2n) is 17.6. The minimum absolute atomic E-state index is 0.119. The quantitative estimate of drug-likeness (QED) is 0.0308. The maximum atomic E-state index is 11.4. The molecule has 0 bridgehead atoms. The number of fused-ring (bicyclic) bond motifs is 2. The summed E-state index contributed by atoms with van der Waals surface area (Å²) in [5, 5.41) is 85.8.